The fourth-order valence-electron chi connectivity index (χ4n) is 3.68. The maximum Gasteiger partial charge on any atom is 0.238 e. The van der Waals surface area contributed by atoms with Crippen LogP contribution in [0.25, 0.3) is 16.7 Å². The van der Waals surface area contributed by atoms with Gasteiger partial charge in [0, 0.05) is 17.1 Å². The molecular formula is C22H20FN5O3. The number of rotatable bonds is 4. The highest BCUT2D eigenvalue weighted by Gasteiger charge is 2.27. The molecule has 8 nitrogen and oxygen atoms in total. The van der Waals surface area contributed by atoms with E-state index in [9.17, 15) is 4.39 Å². The number of imidazole rings is 1. The summed E-state index contributed by atoms with van der Waals surface area (Å²) in [5.74, 6) is 1.25. The number of fused-ring (bicyclic) bond motifs is 1. The number of nitrogens with zero attached hydrogens (tertiary/aromatic N) is 4. The number of aryl methyl sites for hydroxylation is 2. The minimum Gasteiger partial charge on any atom is -0.479 e. The molecule has 0 bridgehead atoms. The third-order valence-corrected chi connectivity index (χ3v) is 5.23. The summed E-state index contributed by atoms with van der Waals surface area (Å²) < 4.78 is 27.0. The first-order valence-electron chi connectivity index (χ1n) is 9.75. The molecule has 4 heterocycles. The summed E-state index contributed by atoms with van der Waals surface area (Å²) in [5.41, 5.74) is 3.69. The number of pyridine rings is 1. The number of ether oxygens (including phenoxy) is 1. The van der Waals surface area contributed by atoms with Crippen LogP contribution in [-0.4, -0.2) is 34.1 Å². The SMILES string of the molecule is COc1nc(C2=NOCC(c3oc4ccc(F)cc4c3C)N2)ccc1-n1cnc(C)c1. The van der Waals surface area contributed by atoms with Crippen molar-refractivity contribution in [3.63, 3.8) is 0 Å². The minimum atomic E-state index is -0.303. The number of benzene rings is 1. The number of amidine groups is 1. The van der Waals surface area contributed by atoms with Gasteiger partial charge in [0.25, 0.3) is 0 Å². The molecule has 0 spiro atoms. The van der Waals surface area contributed by atoms with Gasteiger partial charge in [-0.3, -0.25) is 0 Å². The van der Waals surface area contributed by atoms with Crippen molar-refractivity contribution in [3.8, 4) is 11.6 Å². The molecule has 0 fully saturated rings. The fourth-order valence-corrected chi connectivity index (χ4v) is 3.68. The highest BCUT2D eigenvalue weighted by molar-refractivity contribution is 5.97. The lowest BCUT2D eigenvalue weighted by atomic mass is 10.1. The number of oxime groups is 1. The van der Waals surface area contributed by atoms with Crippen molar-refractivity contribution in [1.82, 2.24) is 19.9 Å². The maximum absolute atomic E-state index is 13.7. The Labute approximate surface area is 177 Å². The standard InChI is InChI=1S/C22H20FN5O3/c1-12-9-28(11-24-12)18-6-5-16(26-22(18)29-3)21-25-17(10-30-27-21)20-13(2)15-8-14(23)4-7-19(15)31-20/h4-9,11,17H,10H2,1-3H3,(H,25,27). The van der Waals surface area contributed by atoms with Gasteiger partial charge in [0.1, 0.15) is 41.2 Å². The van der Waals surface area contributed by atoms with Crippen molar-refractivity contribution in [2.75, 3.05) is 13.7 Å². The quantitative estimate of drug-likeness (QED) is 0.539. The Morgan fingerprint density at radius 1 is 1.23 bits per heavy atom. The Bertz CT molecular complexity index is 1310. The Balaban J connectivity index is 1.46. The second-order valence-corrected chi connectivity index (χ2v) is 7.31. The third kappa shape index (κ3) is 3.37. The number of furan rings is 1. The van der Waals surface area contributed by atoms with Gasteiger partial charge >= 0.3 is 0 Å². The van der Waals surface area contributed by atoms with Gasteiger partial charge in [0.15, 0.2) is 5.84 Å². The molecule has 1 aliphatic heterocycles. The van der Waals surface area contributed by atoms with Crippen LogP contribution < -0.4 is 10.1 Å². The molecule has 9 heteroatoms. The highest BCUT2D eigenvalue weighted by atomic mass is 19.1. The Morgan fingerprint density at radius 2 is 2.10 bits per heavy atom. The molecule has 0 radical (unpaired) electrons. The molecular weight excluding hydrogens is 401 g/mol. The molecule has 1 atom stereocenters. The first kappa shape index (κ1) is 19.1. The number of hydrogen-bond acceptors (Lipinski definition) is 7. The first-order chi connectivity index (χ1) is 15.0. The smallest absolute Gasteiger partial charge is 0.238 e. The van der Waals surface area contributed by atoms with Gasteiger partial charge in [0.2, 0.25) is 5.88 Å². The maximum atomic E-state index is 13.7. The second-order valence-electron chi connectivity index (χ2n) is 7.31. The molecule has 0 amide bonds. The van der Waals surface area contributed by atoms with Crippen molar-refractivity contribution >= 4 is 16.8 Å². The van der Waals surface area contributed by atoms with E-state index >= 15 is 0 Å². The van der Waals surface area contributed by atoms with Crippen LogP contribution in [0.15, 0.2) is 52.4 Å². The van der Waals surface area contributed by atoms with E-state index in [4.69, 9.17) is 14.0 Å². The molecule has 1 N–H and O–H groups in total. The van der Waals surface area contributed by atoms with E-state index in [2.05, 4.69) is 20.4 Å². The van der Waals surface area contributed by atoms with Crippen LogP contribution in [-0.2, 0) is 4.84 Å². The van der Waals surface area contributed by atoms with Crippen molar-refractivity contribution in [1.29, 1.82) is 0 Å². The number of aromatic nitrogens is 3. The molecule has 31 heavy (non-hydrogen) atoms. The zero-order chi connectivity index (χ0) is 21.5. The van der Waals surface area contributed by atoms with Crippen LogP contribution in [0.2, 0.25) is 0 Å². The molecule has 0 saturated carbocycles. The van der Waals surface area contributed by atoms with E-state index in [1.807, 2.05) is 36.7 Å². The lowest BCUT2D eigenvalue weighted by Crippen LogP contribution is -2.36. The predicted octanol–water partition coefficient (Wildman–Crippen LogP) is 3.80. The lowest BCUT2D eigenvalue weighted by Gasteiger charge is -2.23. The van der Waals surface area contributed by atoms with Gasteiger partial charge in [-0.1, -0.05) is 5.16 Å². The number of hydrogen-bond donors (Lipinski definition) is 1. The monoisotopic (exact) mass is 421 g/mol. The van der Waals surface area contributed by atoms with Crippen LogP contribution in [0.5, 0.6) is 5.88 Å². The third-order valence-electron chi connectivity index (χ3n) is 5.23. The molecule has 3 aromatic heterocycles. The fraction of sp³-hybridized carbons (Fsp3) is 0.227. The number of nitrogens with one attached hydrogen (secondary N) is 1. The number of methoxy groups -OCH3 is 1. The minimum absolute atomic E-state index is 0.274. The topological polar surface area (TPSA) is 86.7 Å². The Kier molecular flexibility index (Phi) is 4.58. The summed E-state index contributed by atoms with van der Waals surface area (Å²) in [6.07, 6.45) is 3.60. The van der Waals surface area contributed by atoms with E-state index in [-0.39, 0.29) is 18.5 Å². The van der Waals surface area contributed by atoms with E-state index < -0.39 is 0 Å². The highest BCUT2D eigenvalue weighted by Crippen LogP contribution is 2.31. The van der Waals surface area contributed by atoms with Crippen molar-refractivity contribution in [3.05, 3.63) is 71.4 Å². The average Bonchev–Trinajstić information content (AvgIpc) is 3.36. The normalized spacial score (nSPS) is 16.0. The van der Waals surface area contributed by atoms with E-state index in [0.717, 1.165) is 22.3 Å². The van der Waals surface area contributed by atoms with Gasteiger partial charge in [-0.05, 0) is 44.2 Å². The molecule has 1 aliphatic rings. The summed E-state index contributed by atoms with van der Waals surface area (Å²) in [7, 11) is 1.56. The van der Waals surface area contributed by atoms with E-state index in [1.165, 1.54) is 12.1 Å². The van der Waals surface area contributed by atoms with Crippen LogP contribution in [0.1, 0.15) is 28.8 Å². The van der Waals surface area contributed by atoms with E-state index in [1.54, 1.807) is 19.5 Å². The zero-order valence-corrected chi connectivity index (χ0v) is 17.2. The van der Waals surface area contributed by atoms with Crippen LogP contribution in [0, 0.1) is 19.7 Å². The summed E-state index contributed by atoms with van der Waals surface area (Å²) in [4.78, 5) is 14.3. The predicted molar refractivity (Wildman–Crippen MR) is 112 cm³/mol. The van der Waals surface area contributed by atoms with Gasteiger partial charge in [0.05, 0.1) is 19.1 Å². The van der Waals surface area contributed by atoms with Crippen LogP contribution in [0.4, 0.5) is 4.39 Å². The molecule has 4 aromatic rings. The van der Waals surface area contributed by atoms with Crippen LogP contribution in [0.3, 0.4) is 0 Å². The summed E-state index contributed by atoms with van der Waals surface area (Å²) in [6, 6.07) is 7.89. The summed E-state index contributed by atoms with van der Waals surface area (Å²) in [5, 5.41) is 8.18. The summed E-state index contributed by atoms with van der Waals surface area (Å²) >= 11 is 0. The largest absolute Gasteiger partial charge is 0.479 e. The molecule has 1 unspecified atom stereocenters. The van der Waals surface area contributed by atoms with Crippen molar-refractivity contribution in [2.24, 2.45) is 5.16 Å². The van der Waals surface area contributed by atoms with Gasteiger partial charge in [-0.15, -0.1) is 0 Å². The molecule has 5 rings (SSSR count). The second kappa shape index (κ2) is 7.42. The van der Waals surface area contributed by atoms with Gasteiger partial charge in [-0.25, -0.2) is 14.4 Å². The molecule has 0 aliphatic carbocycles. The van der Waals surface area contributed by atoms with Crippen molar-refractivity contribution in [2.45, 2.75) is 19.9 Å². The van der Waals surface area contributed by atoms with Crippen molar-refractivity contribution < 1.29 is 18.4 Å². The average molecular weight is 421 g/mol. The molecule has 158 valence electrons. The molecule has 0 saturated heterocycles. The van der Waals surface area contributed by atoms with Crippen LogP contribution >= 0.6 is 0 Å². The summed E-state index contributed by atoms with van der Waals surface area (Å²) in [6.45, 7) is 4.09. The lowest BCUT2D eigenvalue weighted by molar-refractivity contribution is 0.103. The van der Waals surface area contributed by atoms with Gasteiger partial charge in [-0.2, -0.15) is 0 Å². The Hall–Kier alpha value is -3.88. The first-order valence-corrected chi connectivity index (χ1v) is 9.75. The van der Waals surface area contributed by atoms with E-state index in [0.29, 0.717) is 28.8 Å². The number of halogens is 1. The molecule has 1 aromatic carbocycles. The zero-order valence-electron chi connectivity index (χ0n) is 17.2. The van der Waals surface area contributed by atoms with Gasteiger partial charge < -0.3 is 23.9 Å². The Morgan fingerprint density at radius 3 is 2.87 bits per heavy atom.